The molecule has 94 valence electrons. The van der Waals surface area contributed by atoms with Crippen LogP contribution >= 0.6 is 22.9 Å². The molecule has 1 aliphatic rings. The second-order valence-corrected chi connectivity index (χ2v) is 6.41. The van der Waals surface area contributed by atoms with E-state index in [1.54, 1.807) is 0 Å². The number of piperidine rings is 1. The van der Waals surface area contributed by atoms with E-state index in [-0.39, 0.29) is 0 Å². The number of nitrogens with one attached hydrogen (secondary N) is 1. The molecule has 1 aromatic heterocycles. The molecular formula is C13H18ClNOS. The highest BCUT2D eigenvalue weighted by molar-refractivity contribution is 7.16. The maximum Gasteiger partial charge on any atom is 0.138 e. The van der Waals surface area contributed by atoms with Crippen molar-refractivity contribution >= 4 is 28.7 Å². The number of ketones is 1. The van der Waals surface area contributed by atoms with Crippen molar-refractivity contribution < 1.29 is 4.79 Å². The van der Waals surface area contributed by atoms with Gasteiger partial charge in [-0.15, -0.1) is 11.3 Å². The van der Waals surface area contributed by atoms with E-state index in [1.165, 1.54) is 30.6 Å². The molecule has 2 rings (SSSR count). The Morgan fingerprint density at radius 2 is 2.35 bits per heavy atom. The molecule has 0 amide bonds. The molecule has 1 aromatic rings. The van der Waals surface area contributed by atoms with Crippen LogP contribution in [0.2, 0.25) is 4.34 Å². The van der Waals surface area contributed by atoms with E-state index < -0.39 is 0 Å². The van der Waals surface area contributed by atoms with Gasteiger partial charge in [0.15, 0.2) is 0 Å². The lowest BCUT2D eigenvalue weighted by molar-refractivity contribution is -0.118. The molecule has 1 atom stereocenters. The second kappa shape index (κ2) is 6.53. The molecule has 1 N–H and O–H groups in total. The first-order valence-corrected chi connectivity index (χ1v) is 7.43. The Morgan fingerprint density at radius 1 is 1.47 bits per heavy atom. The molecule has 0 spiro atoms. The number of halogens is 1. The van der Waals surface area contributed by atoms with E-state index >= 15 is 0 Å². The Labute approximate surface area is 111 Å². The van der Waals surface area contributed by atoms with Gasteiger partial charge in [0.1, 0.15) is 5.78 Å². The summed E-state index contributed by atoms with van der Waals surface area (Å²) in [6, 6.07) is 4.36. The fourth-order valence-corrected chi connectivity index (χ4v) is 3.35. The highest BCUT2D eigenvalue weighted by Crippen LogP contribution is 2.22. The molecule has 2 heterocycles. The van der Waals surface area contributed by atoms with E-state index in [0.29, 0.717) is 24.7 Å². The smallest absolute Gasteiger partial charge is 0.138 e. The monoisotopic (exact) mass is 271 g/mol. The number of rotatable bonds is 5. The Balaban J connectivity index is 1.70. The van der Waals surface area contributed by atoms with Crippen LogP contribution in [0.5, 0.6) is 0 Å². The van der Waals surface area contributed by atoms with Gasteiger partial charge >= 0.3 is 0 Å². The van der Waals surface area contributed by atoms with Gasteiger partial charge in [-0.05, 0) is 37.9 Å². The van der Waals surface area contributed by atoms with E-state index in [9.17, 15) is 4.79 Å². The predicted molar refractivity (Wildman–Crippen MR) is 72.9 cm³/mol. The summed E-state index contributed by atoms with van der Waals surface area (Å²) in [5.74, 6) is 0.330. The minimum Gasteiger partial charge on any atom is -0.314 e. The van der Waals surface area contributed by atoms with Crippen molar-refractivity contribution in [2.24, 2.45) is 0 Å². The predicted octanol–water partition coefficient (Wildman–Crippen LogP) is 3.44. The van der Waals surface area contributed by atoms with Gasteiger partial charge in [0.25, 0.3) is 0 Å². The van der Waals surface area contributed by atoms with Crippen molar-refractivity contribution in [1.29, 1.82) is 0 Å². The first kappa shape index (κ1) is 13.1. The van der Waals surface area contributed by atoms with Gasteiger partial charge in [-0.25, -0.2) is 0 Å². The summed E-state index contributed by atoms with van der Waals surface area (Å²) in [6.45, 7) is 1.11. The highest BCUT2D eigenvalue weighted by atomic mass is 35.5. The quantitative estimate of drug-likeness (QED) is 0.889. The average Bonchev–Trinajstić information content (AvgIpc) is 2.73. The molecule has 0 bridgehead atoms. The van der Waals surface area contributed by atoms with Crippen LogP contribution in [0, 0.1) is 0 Å². The molecule has 4 heteroatoms. The Kier molecular flexibility index (Phi) is 5.01. The molecule has 1 unspecified atom stereocenters. The van der Waals surface area contributed by atoms with Crippen molar-refractivity contribution in [2.45, 2.75) is 44.6 Å². The summed E-state index contributed by atoms with van der Waals surface area (Å²) in [5, 5.41) is 3.47. The van der Waals surface area contributed by atoms with Crippen molar-refractivity contribution in [3.05, 3.63) is 21.3 Å². The Morgan fingerprint density at radius 3 is 3.00 bits per heavy atom. The third-order valence-electron chi connectivity index (χ3n) is 3.18. The lowest BCUT2D eigenvalue weighted by atomic mass is 9.98. The van der Waals surface area contributed by atoms with Gasteiger partial charge in [-0.1, -0.05) is 18.0 Å². The maximum atomic E-state index is 11.8. The third-order valence-corrected chi connectivity index (χ3v) is 4.42. The van der Waals surface area contributed by atoms with Gasteiger partial charge in [0.05, 0.1) is 4.34 Å². The third kappa shape index (κ3) is 4.41. The molecule has 1 saturated heterocycles. The zero-order valence-corrected chi connectivity index (χ0v) is 11.4. The normalized spacial score (nSPS) is 20.4. The number of Topliss-reactive ketones (excluding diaryl/α,β-unsaturated/α-hetero) is 1. The number of carbonyl (C=O) groups excluding carboxylic acids is 1. The summed E-state index contributed by atoms with van der Waals surface area (Å²) < 4.78 is 0.766. The molecule has 1 aliphatic heterocycles. The fraction of sp³-hybridized carbons (Fsp3) is 0.615. The Hall–Kier alpha value is -0.380. The first-order chi connectivity index (χ1) is 8.24. The Bertz CT molecular complexity index is 371. The maximum absolute atomic E-state index is 11.8. The zero-order chi connectivity index (χ0) is 12.1. The van der Waals surface area contributed by atoms with Crippen molar-refractivity contribution in [1.82, 2.24) is 5.32 Å². The van der Waals surface area contributed by atoms with Crippen molar-refractivity contribution in [3.63, 3.8) is 0 Å². The number of thiophene rings is 1. The van der Waals surface area contributed by atoms with Gasteiger partial charge in [-0.3, -0.25) is 4.79 Å². The molecule has 0 radical (unpaired) electrons. The SMILES string of the molecule is O=C(CCC1CCCCN1)Cc1ccc(Cl)s1. The molecule has 0 saturated carbocycles. The zero-order valence-electron chi connectivity index (χ0n) is 9.88. The van der Waals surface area contributed by atoms with Crippen LogP contribution in [0.4, 0.5) is 0 Å². The van der Waals surface area contributed by atoms with Crippen LogP contribution in [0.3, 0.4) is 0 Å². The number of hydrogen-bond donors (Lipinski definition) is 1. The van der Waals surface area contributed by atoms with Crippen molar-refractivity contribution in [3.8, 4) is 0 Å². The molecule has 0 aliphatic carbocycles. The summed E-state index contributed by atoms with van der Waals surface area (Å²) in [7, 11) is 0. The van der Waals surface area contributed by atoms with E-state index in [4.69, 9.17) is 11.6 Å². The van der Waals surface area contributed by atoms with Crippen molar-refractivity contribution in [2.75, 3.05) is 6.54 Å². The topological polar surface area (TPSA) is 29.1 Å². The van der Waals surface area contributed by atoms with Gasteiger partial charge in [0, 0.05) is 23.8 Å². The molecular weight excluding hydrogens is 254 g/mol. The largest absolute Gasteiger partial charge is 0.314 e. The molecule has 1 fully saturated rings. The van der Waals surface area contributed by atoms with Gasteiger partial charge < -0.3 is 5.32 Å². The first-order valence-electron chi connectivity index (χ1n) is 6.23. The standard InChI is InChI=1S/C13H18ClNOS/c14-13-7-6-12(17-13)9-11(16)5-4-10-3-1-2-8-15-10/h6-7,10,15H,1-5,8-9H2. The van der Waals surface area contributed by atoms with E-state index in [2.05, 4.69) is 5.32 Å². The van der Waals surface area contributed by atoms with Crippen LogP contribution < -0.4 is 5.32 Å². The fourth-order valence-electron chi connectivity index (χ4n) is 2.24. The van der Waals surface area contributed by atoms with Crippen LogP contribution in [0.15, 0.2) is 12.1 Å². The minimum absolute atomic E-state index is 0.330. The number of carbonyl (C=O) groups is 1. The summed E-state index contributed by atoms with van der Waals surface area (Å²) in [4.78, 5) is 12.9. The molecule has 2 nitrogen and oxygen atoms in total. The lowest BCUT2D eigenvalue weighted by Crippen LogP contribution is -2.34. The lowest BCUT2D eigenvalue weighted by Gasteiger charge is -2.22. The van der Waals surface area contributed by atoms with Crippen LogP contribution in [0.25, 0.3) is 0 Å². The van der Waals surface area contributed by atoms with Gasteiger partial charge in [0.2, 0.25) is 0 Å². The summed E-state index contributed by atoms with van der Waals surface area (Å²) in [6.07, 6.45) is 6.01. The highest BCUT2D eigenvalue weighted by Gasteiger charge is 2.14. The van der Waals surface area contributed by atoms with E-state index in [1.807, 2.05) is 12.1 Å². The molecule has 17 heavy (non-hydrogen) atoms. The number of hydrogen-bond acceptors (Lipinski definition) is 3. The second-order valence-electron chi connectivity index (χ2n) is 4.61. The van der Waals surface area contributed by atoms with Gasteiger partial charge in [-0.2, -0.15) is 0 Å². The van der Waals surface area contributed by atoms with Crippen LogP contribution in [0.1, 0.15) is 37.0 Å². The minimum atomic E-state index is 0.330. The van der Waals surface area contributed by atoms with Crippen LogP contribution in [-0.4, -0.2) is 18.4 Å². The summed E-state index contributed by atoms with van der Waals surface area (Å²) >= 11 is 7.35. The average molecular weight is 272 g/mol. The van der Waals surface area contributed by atoms with E-state index in [0.717, 1.165) is 22.2 Å². The van der Waals surface area contributed by atoms with Crippen LogP contribution in [-0.2, 0) is 11.2 Å². The molecule has 0 aromatic carbocycles. The summed E-state index contributed by atoms with van der Waals surface area (Å²) in [5.41, 5.74) is 0.